The summed E-state index contributed by atoms with van der Waals surface area (Å²) in [6.07, 6.45) is 13.3. The van der Waals surface area contributed by atoms with Gasteiger partial charge in [0, 0.05) is 6.42 Å². The minimum atomic E-state index is 0.477. The molecule has 0 aromatic rings. The zero-order valence-corrected chi connectivity index (χ0v) is 11.2. The average molecular weight is 237 g/mol. The summed E-state index contributed by atoms with van der Waals surface area (Å²) in [5, 5.41) is 3.60. The quantitative estimate of drug-likeness (QED) is 0.737. The van der Waals surface area contributed by atoms with Crippen LogP contribution in [0.3, 0.4) is 0 Å². The number of ether oxygens (including phenoxy) is 1. The molecule has 1 saturated carbocycles. The van der Waals surface area contributed by atoms with E-state index in [1.54, 1.807) is 0 Å². The number of hydrogen-bond donors (Lipinski definition) is 1. The summed E-state index contributed by atoms with van der Waals surface area (Å²) in [5.74, 6) is 2.13. The summed E-state index contributed by atoms with van der Waals surface area (Å²) in [7, 11) is 0. The van der Waals surface area contributed by atoms with E-state index >= 15 is 0 Å². The largest absolute Gasteiger partial charge is 0.496 e. The third-order valence-corrected chi connectivity index (χ3v) is 4.07. The molecule has 0 aromatic carbocycles. The van der Waals surface area contributed by atoms with Gasteiger partial charge in [0.05, 0.1) is 12.6 Å². The van der Waals surface area contributed by atoms with E-state index in [0.717, 1.165) is 25.5 Å². The van der Waals surface area contributed by atoms with E-state index in [-0.39, 0.29) is 0 Å². The van der Waals surface area contributed by atoms with Crippen LogP contribution in [-0.4, -0.2) is 19.2 Å². The van der Waals surface area contributed by atoms with Gasteiger partial charge in [0.25, 0.3) is 0 Å². The fourth-order valence-corrected chi connectivity index (χ4v) is 3.16. The molecule has 0 saturated heterocycles. The van der Waals surface area contributed by atoms with Gasteiger partial charge in [-0.05, 0) is 25.0 Å². The summed E-state index contributed by atoms with van der Waals surface area (Å²) in [6, 6.07) is 0.477. The standard InChI is InChI=1S/C15H27NO/c1-2-16-14(15-10-7-11-17-15)12-13-8-5-3-4-6-9-13/h10,13-14,16H,2-9,11-12H2,1H3. The molecule has 1 aliphatic heterocycles. The highest BCUT2D eigenvalue weighted by atomic mass is 16.5. The Morgan fingerprint density at radius 1 is 1.29 bits per heavy atom. The molecule has 1 unspecified atom stereocenters. The predicted molar refractivity (Wildman–Crippen MR) is 71.9 cm³/mol. The van der Waals surface area contributed by atoms with Gasteiger partial charge in [0.1, 0.15) is 5.76 Å². The lowest BCUT2D eigenvalue weighted by Crippen LogP contribution is -2.33. The van der Waals surface area contributed by atoms with Gasteiger partial charge in [0.15, 0.2) is 0 Å². The zero-order chi connectivity index (χ0) is 11.9. The molecule has 1 N–H and O–H groups in total. The Morgan fingerprint density at radius 2 is 2.06 bits per heavy atom. The van der Waals surface area contributed by atoms with Crippen LogP contribution in [-0.2, 0) is 4.74 Å². The van der Waals surface area contributed by atoms with Crippen LogP contribution in [0.15, 0.2) is 11.8 Å². The van der Waals surface area contributed by atoms with Crippen LogP contribution in [0.5, 0.6) is 0 Å². The second-order valence-corrected chi connectivity index (χ2v) is 5.45. The highest BCUT2D eigenvalue weighted by Gasteiger charge is 2.22. The molecule has 2 rings (SSSR count). The molecule has 0 radical (unpaired) electrons. The molecule has 1 heterocycles. The van der Waals surface area contributed by atoms with Crippen LogP contribution < -0.4 is 5.32 Å². The summed E-state index contributed by atoms with van der Waals surface area (Å²) in [4.78, 5) is 0. The summed E-state index contributed by atoms with van der Waals surface area (Å²) >= 11 is 0. The third-order valence-electron chi connectivity index (χ3n) is 4.07. The molecule has 1 atom stereocenters. The molecular weight excluding hydrogens is 210 g/mol. The second-order valence-electron chi connectivity index (χ2n) is 5.45. The van der Waals surface area contributed by atoms with Crippen molar-refractivity contribution < 1.29 is 4.74 Å². The van der Waals surface area contributed by atoms with E-state index in [1.165, 1.54) is 50.7 Å². The third kappa shape index (κ3) is 4.02. The van der Waals surface area contributed by atoms with Gasteiger partial charge in [-0.15, -0.1) is 0 Å². The van der Waals surface area contributed by atoms with Crippen LogP contribution in [0.4, 0.5) is 0 Å². The van der Waals surface area contributed by atoms with Crippen molar-refractivity contribution in [1.82, 2.24) is 5.32 Å². The maximum atomic E-state index is 5.74. The van der Waals surface area contributed by atoms with E-state index in [1.807, 2.05) is 0 Å². The molecule has 2 nitrogen and oxygen atoms in total. The van der Waals surface area contributed by atoms with E-state index in [4.69, 9.17) is 4.74 Å². The monoisotopic (exact) mass is 237 g/mol. The fraction of sp³-hybridized carbons (Fsp3) is 0.867. The molecule has 98 valence electrons. The number of hydrogen-bond acceptors (Lipinski definition) is 2. The average Bonchev–Trinajstić information content (AvgIpc) is 2.75. The Labute approximate surface area is 106 Å². The van der Waals surface area contributed by atoms with Crippen molar-refractivity contribution in [2.75, 3.05) is 13.2 Å². The van der Waals surface area contributed by atoms with E-state index in [2.05, 4.69) is 18.3 Å². The topological polar surface area (TPSA) is 21.3 Å². The smallest absolute Gasteiger partial charge is 0.109 e. The van der Waals surface area contributed by atoms with Crippen LogP contribution in [0.1, 0.15) is 58.3 Å². The number of nitrogens with one attached hydrogen (secondary N) is 1. The van der Waals surface area contributed by atoms with Crippen molar-refractivity contribution in [3.63, 3.8) is 0 Å². The van der Waals surface area contributed by atoms with Crippen LogP contribution >= 0.6 is 0 Å². The second kappa shape index (κ2) is 7.05. The van der Waals surface area contributed by atoms with Gasteiger partial charge in [-0.1, -0.05) is 45.4 Å². The molecular formula is C15H27NO. The first-order valence-corrected chi connectivity index (χ1v) is 7.46. The van der Waals surface area contributed by atoms with Crippen molar-refractivity contribution in [2.45, 2.75) is 64.3 Å². The summed E-state index contributed by atoms with van der Waals surface area (Å²) in [5.41, 5.74) is 0. The zero-order valence-electron chi connectivity index (χ0n) is 11.2. The van der Waals surface area contributed by atoms with E-state index in [9.17, 15) is 0 Å². The van der Waals surface area contributed by atoms with Crippen LogP contribution in [0.25, 0.3) is 0 Å². The molecule has 1 fully saturated rings. The Bertz CT molecular complexity index is 241. The van der Waals surface area contributed by atoms with Crippen molar-refractivity contribution in [2.24, 2.45) is 5.92 Å². The van der Waals surface area contributed by atoms with Crippen LogP contribution in [0, 0.1) is 5.92 Å². The Morgan fingerprint density at radius 3 is 2.65 bits per heavy atom. The lowest BCUT2D eigenvalue weighted by Gasteiger charge is -2.24. The maximum Gasteiger partial charge on any atom is 0.109 e. The first kappa shape index (κ1) is 12.9. The molecule has 0 amide bonds. The molecule has 2 aliphatic rings. The van der Waals surface area contributed by atoms with Crippen molar-refractivity contribution in [3.8, 4) is 0 Å². The SMILES string of the molecule is CCNC(CC1CCCCCC1)C1=CCCO1. The highest BCUT2D eigenvalue weighted by Crippen LogP contribution is 2.29. The summed E-state index contributed by atoms with van der Waals surface area (Å²) < 4.78 is 5.74. The molecule has 0 spiro atoms. The molecule has 2 heteroatoms. The van der Waals surface area contributed by atoms with E-state index in [0.29, 0.717) is 6.04 Å². The molecule has 17 heavy (non-hydrogen) atoms. The first-order chi connectivity index (χ1) is 8.40. The van der Waals surface area contributed by atoms with Gasteiger partial charge < -0.3 is 10.1 Å². The fourth-order valence-electron chi connectivity index (χ4n) is 3.16. The van der Waals surface area contributed by atoms with Gasteiger partial charge in [-0.3, -0.25) is 0 Å². The number of likely N-dealkylation sites (N-methyl/N-ethyl adjacent to an activating group) is 1. The minimum Gasteiger partial charge on any atom is -0.496 e. The first-order valence-electron chi connectivity index (χ1n) is 7.46. The lowest BCUT2D eigenvalue weighted by atomic mass is 9.91. The highest BCUT2D eigenvalue weighted by molar-refractivity contribution is 5.07. The van der Waals surface area contributed by atoms with Gasteiger partial charge in [-0.25, -0.2) is 0 Å². The van der Waals surface area contributed by atoms with E-state index < -0.39 is 0 Å². The Balaban J connectivity index is 1.86. The minimum absolute atomic E-state index is 0.477. The van der Waals surface area contributed by atoms with Crippen molar-refractivity contribution in [1.29, 1.82) is 0 Å². The number of rotatable bonds is 5. The molecule has 1 aliphatic carbocycles. The predicted octanol–water partition coefficient (Wildman–Crippen LogP) is 3.63. The van der Waals surface area contributed by atoms with Gasteiger partial charge >= 0.3 is 0 Å². The van der Waals surface area contributed by atoms with Gasteiger partial charge in [0.2, 0.25) is 0 Å². The van der Waals surface area contributed by atoms with Crippen LogP contribution in [0.2, 0.25) is 0 Å². The van der Waals surface area contributed by atoms with Gasteiger partial charge in [-0.2, -0.15) is 0 Å². The maximum absolute atomic E-state index is 5.74. The molecule has 0 aromatic heterocycles. The molecule has 0 bridgehead atoms. The van der Waals surface area contributed by atoms with Crippen molar-refractivity contribution >= 4 is 0 Å². The van der Waals surface area contributed by atoms with Crippen molar-refractivity contribution in [3.05, 3.63) is 11.8 Å². The lowest BCUT2D eigenvalue weighted by molar-refractivity contribution is 0.202. The Kier molecular flexibility index (Phi) is 5.37. The Hall–Kier alpha value is -0.500. The normalized spacial score (nSPS) is 23.9. The summed E-state index contributed by atoms with van der Waals surface area (Å²) in [6.45, 7) is 4.12.